The summed E-state index contributed by atoms with van der Waals surface area (Å²) in [5, 5.41) is 2.91. The number of anilines is 1. The van der Waals surface area contributed by atoms with Gasteiger partial charge in [0.1, 0.15) is 0 Å². The molecule has 0 spiro atoms. The van der Waals surface area contributed by atoms with Gasteiger partial charge in [-0.1, -0.05) is 27.7 Å². The molecule has 0 radical (unpaired) electrons. The monoisotopic (exact) mass is 286 g/mol. The molecule has 0 heterocycles. The van der Waals surface area contributed by atoms with Gasteiger partial charge in [-0.25, -0.2) is 0 Å². The Kier molecular flexibility index (Phi) is 13.5. The molecule has 0 saturated carbocycles. The molecule has 0 bridgehead atoms. The minimum atomic E-state index is -0.411. The molecule has 1 N–H and O–H groups in total. The van der Waals surface area contributed by atoms with Gasteiger partial charge in [0.25, 0.3) is 0 Å². The lowest BCUT2D eigenvalue weighted by molar-refractivity contribution is 0.126. The first-order valence-corrected chi connectivity index (χ1v) is 7.30. The molecule has 0 aliphatic heterocycles. The van der Waals surface area contributed by atoms with Crippen molar-refractivity contribution in [1.82, 2.24) is 4.90 Å². The predicted molar refractivity (Wildman–Crippen MR) is 86.6 cm³/mol. The molecular weight excluding hydrogens is 256 g/mol. The molecule has 1 rings (SSSR count). The quantitative estimate of drug-likeness (QED) is 0.610. The van der Waals surface area contributed by atoms with Crippen LogP contribution in [-0.4, -0.2) is 45.3 Å². The van der Waals surface area contributed by atoms with Gasteiger partial charge >= 0.3 is 0 Å². The van der Waals surface area contributed by atoms with Crippen molar-refractivity contribution in [2.75, 3.05) is 45.7 Å². The van der Waals surface area contributed by atoms with Crippen molar-refractivity contribution in [3.8, 4) is 0 Å². The lowest BCUT2D eigenvalue weighted by Gasteiger charge is -2.12. The lowest BCUT2D eigenvalue weighted by Crippen LogP contribution is -2.37. The first-order chi connectivity index (χ1) is 9.54. The third kappa shape index (κ3) is 7.40. The summed E-state index contributed by atoms with van der Waals surface area (Å²) in [6.07, 6.45) is 0. The molecule has 0 amide bonds. The Balaban J connectivity index is 0. The maximum atomic E-state index is 11.1. The van der Waals surface area contributed by atoms with Crippen LogP contribution in [0.2, 0.25) is 0 Å². The zero-order chi connectivity index (χ0) is 16.1. The summed E-state index contributed by atoms with van der Waals surface area (Å²) >= 11 is 0. The van der Waals surface area contributed by atoms with Gasteiger partial charge in [-0.05, 0) is 21.0 Å². The second kappa shape index (κ2) is 12.8. The Morgan fingerprint density at radius 1 is 1.00 bits per heavy atom. The summed E-state index contributed by atoms with van der Waals surface area (Å²) in [7, 11) is 3.96. The van der Waals surface area contributed by atoms with Crippen LogP contribution in [-0.2, 0) is 4.74 Å². The molecule has 20 heavy (non-hydrogen) atoms. The van der Waals surface area contributed by atoms with Crippen molar-refractivity contribution in [2.24, 2.45) is 0 Å². The van der Waals surface area contributed by atoms with Gasteiger partial charge in [-0.15, -0.1) is 0 Å². The van der Waals surface area contributed by atoms with Gasteiger partial charge in [-0.2, -0.15) is 0 Å². The number of nitrogens with one attached hydrogen (secondary N) is 1. The molecule has 5 nitrogen and oxygen atoms in total. The smallest absolute Gasteiger partial charge is 0.249 e. The van der Waals surface area contributed by atoms with E-state index in [-0.39, 0.29) is 5.43 Å². The topological polar surface area (TPSA) is 58.6 Å². The Hall–Kier alpha value is -1.20. The van der Waals surface area contributed by atoms with Gasteiger partial charge in [0, 0.05) is 18.7 Å². The fraction of sp³-hybridized carbons (Fsp3) is 0.733. The molecule has 118 valence electrons. The van der Waals surface area contributed by atoms with Crippen molar-refractivity contribution in [3.63, 3.8) is 0 Å². The van der Waals surface area contributed by atoms with E-state index in [1.165, 1.54) is 0 Å². The van der Waals surface area contributed by atoms with Crippen molar-refractivity contribution in [1.29, 1.82) is 0 Å². The van der Waals surface area contributed by atoms with Crippen LogP contribution in [0.4, 0.5) is 5.69 Å². The minimum absolute atomic E-state index is 0.379. The van der Waals surface area contributed by atoms with Crippen LogP contribution in [0.5, 0.6) is 0 Å². The van der Waals surface area contributed by atoms with Crippen LogP contribution in [0, 0.1) is 6.92 Å². The van der Waals surface area contributed by atoms with Gasteiger partial charge < -0.3 is 15.0 Å². The van der Waals surface area contributed by atoms with Crippen LogP contribution in [0.15, 0.2) is 9.59 Å². The van der Waals surface area contributed by atoms with Crippen molar-refractivity contribution >= 4 is 5.69 Å². The van der Waals surface area contributed by atoms with E-state index < -0.39 is 5.43 Å². The number of nitrogens with zero attached hydrogens (tertiary/aromatic N) is 1. The standard InChI is InChI=1S/C11H18N2O3.2C2H6/c1-8-9(11(15)10(8)14)12-4-6-16-7-5-13(2)3;2*1-2/h12H,4-7H2,1-3H3;2*1-2H3. The van der Waals surface area contributed by atoms with E-state index in [2.05, 4.69) is 5.32 Å². The van der Waals surface area contributed by atoms with Crippen molar-refractivity contribution < 1.29 is 4.74 Å². The maximum absolute atomic E-state index is 11.1. The van der Waals surface area contributed by atoms with Crippen LogP contribution in [0.25, 0.3) is 0 Å². The Bertz CT molecular complexity index is 407. The minimum Gasteiger partial charge on any atom is -0.379 e. The highest BCUT2D eigenvalue weighted by atomic mass is 16.5. The molecule has 0 fully saturated rings. The highest BCUT2D eigenvalue weighted by molar-refractivity contribution is 5.55. The van der Waals surface area contributed by atoms with Crippen LogP contribution in [0.1, 0.15) is 33.3 Å². The first-order valence-electron chi connectivity index (χ1n) is 7.30. The Morgan fingerprint density at radius 3 is 2.00 bits per heavy atom. The van der Waals surface area contributed by atoms with E-state index in [4.69, 9.17) is 4.74 Å². The van der Waals surface area contributed by atoms with E-state index in [0.29, 0.717) is 31.0 Å². The number of hydrogen-bond donors (Lipinski definition) is 1. The van der Waals surface area contributed by atoms with E-state index in [1.807, 2.05) is 46.7 Å². The van der Waals surface area contributed by atoms with E-state index in [1.54, 1.807) is 6.92 Å². The van der Waals surface area contributed by atoms with Crippen molar-refractivity contribution in [2.45, 2.75) is 34.6 Å². The highest BCUT2D eigenvalue weighted by Gasteiger charge is 2.15. The summed E-state index contributed by atoms with van der Waals surface area (Å²) in [6.45, 7) is 12.3. The molecule has 1 aromatic carbocycles. The molecule has 0 aromatic heterocycles. The molecule has 0 unspecified atom stereocenters. The second-order valence-electron chi connectivity index (χ2n) is 4.00. The second-order valence-corrected chi connectivity index (χ2v) is 4.00. The van der Waals surface area contributed by atoms with Gasteiger partial charge in [0.05, 0.1) is 18.9 Å². The summed E-state index contributed by atoms with van der Waals surface area (Å²) in [6, 6.07) is 0. The summed E-state index contributed by atoms with van der Waals surface area (Å²) in [5.74, 6) is 0. The molecular formula is C15H30N2O3. The van der Waals surface area contributed by atoms with E-state index in [0.717, 1.165) is 6.54 Å². The number of ether oxygens (including phenoxy) is 1. The number of likely N-dealkylation sites (N-methyl/N-ethyl adjacent to an activating group) is 1. The Morgan fingerprint density at radius 2 is 1.55 bits per heavy atom. The van der Waals surface area contributed by atoms with E-state index in [9.17, 15) is 9.59 Å². The highest BCUT2D eigenvalue weighted by Crippen LogP contribution is 2.03. The average Bonchev–Trinajstić information content (AvgIpc) is 2.49. The summed E-state index contributed by atoms with van der Waals surface area (Å²) in [5.41, 5.74) is 0.182. The van der Waals surface area contributed by atoms with Gasteiger partial charge in [0.2, 0.25) is 10.9 Å². The van der Waals surface area contributed by atoms with Gasteiger partial charge in [-0.3, -0.25) is 9.59 Å². The number of hydrogen-bond acceptors (Lipinski definition) is 5. The SMILES string of the molecule is CC.CC.Cc1c(NCCOCCN(C)C)c(=O)c1=O. The van der Waals surface area contributed by atoms with Crippen LogP contribution < -0.4 is 16.2 Å². The third-order valence-electron chi connectivity index (χ3n) is 2.38. The normalized spacial score (nSPS) is 9.60. The molecule has 0 aliphatic carbocycles. The number of rotatable bonds is 7. The van der Waals surface area contributed by atoms with E-state index >= 15 is 0 Å². The summed E-state index contributed by atoms with van der Waals surface area (Å²) in [4.78, 5) is 24.0. The maximum Gasteiger partial charge on any atom is 0.249 e. The largest absolute Gasteiger partial charge is 0.379 e. The van der Waals surface area contributed by atoms with Crippen molar-refractivity contribution in [3.05, 3.63) is 26.0 Å². The molecule has 5 heteroatoms. The van der Waals surface area contributed by atoms with Crippen LogP contribution >= 0.6 is 0 Å². The molecule has 1 aromatic rings. The average molecular weight is 286 g/mol. The van der Waals surface area contributed by atoms with Gasteiger partial charge in [0.15, 0.2) is 0 Å². The molecule has 0 atom stereocenters. The zero-order valence-electron chi connectivity index (χ0n) is 14.0. The fourth-order valence-corrected chi connectivity index (χ4v) is 1.32. The summed E-state index contributed by atoms with van der Waals surface area (Å²) < 4.78 is 5.34. The lowest BCUT2D eigenvalue weighted by atomic mass is 10.1. The third-order valence-corrected chi connectivity index (χ3v) is 2.38. The predicted octanol–water partition coefficient (Wildman–Crippen LogP) is 1.63. The first kappa shape index (κ1) is 21.1. The molecule has 0 aliphatic rings. The Labute approximate surface area is 122 Å². The fourth-order valence-electron chi connectivity index (χ4n) is 1.32. The van der Waals surface area contributed by atoms with Crippen LogP contribution in [0.3, 0.4) is 0 Å². The zero-order valence-corrected chi connectivity index (χ0v) is 14.0. The molecule has 0 saturated heterocycles.